The lowest BCUT2D eigenvalue weighted by molar-refractivity contribution is -0.141. The number of nitrogens with one attached hydrogen (secondary N) is 2. The van der Waals surface area contributed by atoms with E-state index in [1.807, 2.05) is 0 Å². The highest BCUT2D eigenvalue weighted by molar-refractivity contribution is 6.12. The van der Waals surface area contributed by atoms with Crippen LogP contribution in [0.25, 0.3) is 5.65 Å². The molecular formula is C18H18F3N7O2. The first-order valence-corrected chi connectivity index (χ1v) is 9.17. The highest BCUT2D eigenvalue weighted by Crippen LogP contribution is 2.30. The third-order valence-electron chi connectivity index (χ3n) is 4.60. The van der Waals surface area contributed by atoms with Crippen LogP contribution in [0.5, 0.6) is 5.75 Å². The molecule has 4 rings (SSSR count). The van der Waals surface area contributed by atoms with Crippen molar-refractivity contribution in [1.82, 2.24) is 24.9 Å². The number of halogens is 3. The summed E-state index contributed by atoms with van der Waals surface area (Å²) in [5, 5.41) is 9.68. The average Bonchev–Trinajstić information content (AvgIpc) is 3.04. The number of anilines is 2. The van der Waals surface area contributed by atoms with Gasteiger partial charge in [0.1, 0.15) is 28.8 Å². The topological polar surface area (TPSA) is 119 Å². The largest absolute Gasteiger partial charge is 0.487 e. The third-order valence-corrected chi connectivity index (χ3v) is 4.60. The van der Waals surface area contributed by atoms with Crippen LogP contribution in [0.15, 0.2) is 30.7 Å². The van der Waals surface area contributed by atoms with E-state index >= 15 is 0 Å². The Hall–Kier alpha value is -3.41. The number of rotatable bonds is 4. The first-order valence-electron chi connectivity index (χ1n) is 9.17. The number of pyridine rings is 1. The Balaban J connectivity index is 1.63. The van der Waals surface area contributed by atoms with Gasteiger partial charge in [-0.05, 0) is 25.5 Å². The zero-order valence-electron chi connectivity index (χ0n) is 15.6. The number of fused-ring (bicyclic) bond motifs is 1. The van der Waals surface area contributed by atoms with Crippen molar-refractivity contribution in [3.63, 3.8) is 0 Å². The summed E-state index contributed by atoms with van der Waals surface area (Å²) < 4.78 is 46.0. The first kappa shape index (κ1) is 19.9. The highest BCUT2D eigenvalue weighted by atomic mass is 19.4. The number of hydrogen-bond acceptors (Lipinski definition) is 7. The minimum absolute atomic E-state index is 0.0742. The number of alkyl halides is 3. The predicted octanol–water partition coefficient (Wildman–Crippen LogP) is 2.11. The van der Waals surface area contributed by atoms with Gasteiger partial charge in [0.05, 0.1) is 6.20 Å². The van der Waals surface area contributed by atoms with Crippen molar-refractivity contribution in [2.24, 2.45) is 0 Å². The summed E-state index contributed by atoms with van der Waals surface area (Å²) in [5.41, 5.74) is 4.32. The molecule has 9 nitrogen and oxygen atoms in total. The number of ether oxygens (including phenoxy) is 1. The number of nitrogens with two attached hydrogens (primary N) is 1. The third kappa shape index (κ3) is 3.99. The second kappa shape index (κ2) is 7.78. The Kier molecular flexibility index (Phi) is 5.16. The lowest BCUT2D eigenvalue weighted by Gasteiger charge is -2.24. The number of aromatic nitrogens is 4. The molecule has 0 bridgehead atoms. The summed E-state index contributed by atoms with van der Waals surface area (Å²) in [6, 6.07) is 2.36. The Labute approximate surface area is 168 Å². The average molecular weight is 421 g/mol. The first-order chi connectivity index (χ1) is 14.3. The monoisotopic (exact) mass is 421 g/mol. The number of piperidine rings is 1. The van der Waals surface area contributed by atoms with Crippen molar-refractivity contribution in [2.75, 3.05) is 24.1 Å². The quantitative estimate of drug-likeness (QED) is 0.590. The molecule has 0 radical (unpaired) electrons. The van der Waals surface area contributed by atoms with Crippen LogP contribution in [0, 0.1) is 0 Å². The fourth-order valence-electron chi connectivity index (χ4n) is 3.19. The molecular weight excluding hydrogens is 403 g/mol. The van der Waals surface area contributed by atoms with E-state index in [1.54, 1.807) is 6.07 Å². The molecule has 0 spiro atoms. The summed E-state index contributed by atoms with van der Waals surface area (Å²) in [6.07, 6.45) is 1.02. The van der Waals surface area contributed by atoms with E-state index in [0.717, 1.165) is 36.2 Å². The molecule has 0 aliphatic carbocycles. The summed E-state index contributed by atoms with van der Waals surface area (Å²) in [7, 11) is 0. The Morgan fingerprint density at radius 3 is 2.93 bits per heavy atom. The summed E-state index contributed by atoms with van der Waals surface area (Å²) in [6.45, 7) is 1.58. The van der Waals surface area contributed by atoms with Crippen molar-refractivity contribution < 1.29 is 22.7 Å². The molecule has 1 saturated heterocycles. The van der Waals surface area contributed by atoms with Crippen molar-refractivity contribution in [1.29, 1.82) is 0 Å². The van der Waals surface area contributed by atoms with Crippen LogP contribution >= 0.6 is 0 Å². The van der Waals surface area contributed by atoms with E-state index in [1.165, 1.54) is 12.4 Å². The molecule has 4 heterocycles. The molecule has 0 saturated carbocycles. The van der Waals surface area contributed by atoms with Gasteiger partial charge in [-0.25, -0.2) is 9.50 Å². The predicted molar refractivity (Wildman–Crippen MR) is 101 cm³/mol. The van der Waals surface area contributed by atoms with Crippen LogP contribution in [-0.4, -0.2) is 44.7 Å². The van der Waals surface area contributed by atoms with Gasteiger partial charge >= 0.3 is 6.18 Å². The second-order valence-electron chi connectivity index (χ2n) is 6.75. The van der Waals surface area contributed by atoms with Gasteiger partial charge in [0.15, 0.2) is 11.5 Å². The van der Waals surface area contributed by atoms with Gasteiger partial charge in [0, 0.05) is 25.0 Å². The molecule has 1 amide bonds. The standard InChI is InChI=1S/C18H18F3N7O2/c19-18(20,21)13-4-7-28-16(26-13)14(15(22)27-28)17(29)25-11-9-24-6-3-12(11)30-10-2-1-5-23-8-10/h3-4,6-7,9-10,23H,1-2,5,8H2,(H2,22,27)(H,25,29)/t10-/m0/s1. The van der Waals surface area contributed by atoms with E-state index in [0.29, 0.717) is 12.3 Å². The van der Waals surface area contributed by atoms with E-state index in [-0.39, 0.29) is 28.8 Å². The van der Waals surface area contributed by atoms with Crippen LogP contribution in [0.3, 0.4) is 0 Å². The van der Waals surface area contributed by atoms with Crippen LogP contribution in [0.1, 0.15) is 28.9 Å². The molecule has 0 unspecified atom stereocenters. The minimum Gasteiger partial charge on any atom is -0.487 e. The zero-order valence-corrected chi connectivity index (χ0v) is 15.6. The molecule has 1 aliphatic heterocycles. The summed E-state index contributed by atoms with van der Waals surface area (Å²) in [4.78, 5) is 20.4. The fourth-order valence-corrected chi connectivity index (χ4v) is 3.19. The zero-order chi connectivity index (χ0) is 21.3. The molecule has 1 fully saturated rings. The maximum atomic E-state index is 13.0. The van der Waals surface area contributed by atoms with Crippen LogP contribution < -0.4 is 21.1 Å². The maximum absolute atomic E-state index is 13.0. The molecule has 3 aromatic heterocycles. The van der Waals surface area contributed by atoms with Gasteiger partial charge in [-0.3, -0.25) is 9.78 Å². The van der Waals surface area contributed by atoms with Crippen molar-refractivity contribution in [3.8, 4) is 5.75 Å². The smallest absolute Gasteiger partial charge is 0.433 e. The fraction of sp³-hybridized carbons (Fsp3) is 0.333. The van der Waals surface area contributed by atoms with Crippen molar-refractivity contribution in [2.45, 2.75) is 25.1 Å². The summed E-state index contributed by atoms with van der Waals surface area (Å²) >= 11 is 0. The number of nitrogens with zero attached hydrogens (tertiary/aromatic N) is 4. The molecule has 12 heteroatoms. The van der Waals surface area contributed by atoms with Gasteiger partial charge < -0.3 is 21.1 Å². The normalized spacial score (nSPS) is 17.1. The number of carbonyl (C=O) groups excluding carboxylic acids is 1. The number of carbonyl (C=O) groups is 1. The highest BCUT2D eigenvalue weighted by Gasteiger charge is 2.34. The van der Waals surface area contributed by atoms with Gasteiger partial charge in [0.25, 0.3) is 5.91 Å². The number of hydrogen-bond donors (Lipinski definition) is 3. The van der Waals surface area contributed by atoms with Gasteiger partial charge in [-0.2, -0.15) is 13.2 Å². The SMILES string of the molecule is Nc1nn2ccc(C(F)(F)F)nc2c1C(=O)Nc1cnccc1O[C@H]1CCCNC1. The van der Waals surface area contributed by atoms with Crippen molar-refractivity contribution >= 4 is 23.1 Å². The Morgan fingerprint density at radius 1 is 1.37 bits per heavy atom. The van der Waals surface area contributed by atoms with E-state index in [4.69, 9.17) is 10.5 Å². The molecule has 1 atom stereocenters. The number of amides is 1. The summed E-state index contributed by atoms with van der Waals surface area (Å²) in [5.74, 6) is -0.623. The molecule has 0 aromatic carbocycles. The lowest BCUT2D eigenvalue weighted by atomic mass is 10.1. The molecule has 1 aliphatic rings. The molecule has 4 N–H and O–H groups in total. The second-order valence-corrected chi connectivity index (χ2v) is 6.75. The molecule has 158 valence electrons. The lowest BCUT2D eigenvalue weighted by Crippen LogP contribution is -2.37. The van der Waals surface area contributed by atoms with Crippen LogP contribution in [0.2, 0.25) is 0 Å². The van der Waals surface area contributed by atoms with Gasteiger partial charge in [0.2, 0.25) is 0 Å². The van der Waals surface area contributed by atoms with Gasteiger partial charge in [-0.15, -0.1) is 5.10 Å². The van der Waals surface area contributed by atoms with Crippen molar-refractivity contribution in [3.05, 3.63) is 42.0 Å². The van der Waals surface area contributed by atoms with E-state index < -0.39 is 17.8 Å². The maximum Gasteiger partial charge on any atom is 0.433 e. The molecule has 3 aromatic rings. The number of nitrogen functional groups attached to an aromatic ring is 1. The Bertz CT molecular complexity index is 1080. The van der Waals surface area contributed by atoms with E-state index in [2.05, 4.69) is 25.7 Å². The van der Waals surface area contributed by atoms with Crippen LogP contribution in [-0.2, 0) is 6.18 Å². The van der Waals surface area contributed by atoms with Crippen LogP contribution in [0.4, 0.5) is 24.7 Å². The van der Waals surface area contributed by atoms with Gasteiger partial charge in [-0.1, -0.05) is 0 Å². The minimum atomic E-state index is -4.67. The molecule has 30 heavy (non-hydrogen) atoms. The van der Waals surface area contributed by atoms with E-state index in [9.17, 15) is 18.0 Å². The Morgan fingerprint density at radius 2 is 2.20 bits per heavy atom.